The van der Waals surface area contributed by atoms with Crippen LogP contribution in [0.25, 0.3) is 0 Å². The van der Waals surface area contributed by atoms with Crippen LogP contribution >= 0.6 is 0 Å². The number of aromatic nitrogens is 2. The Morgan fingerprint density at radius 3 is 2.67 bits per heavy atom. The minimum absolute atomic E-state index is 0.0856. The summed E-state index contributed by atoms with van der Waals surface area (Å²) in [5, 5.41) is 4.64. The Kier molecular flexibility index (Phi) is 4.96. The fourth-order valence-corrected chi connectivity index (χ4v) is 4.06. The first-order chi connectivity index (χ1) is 11.8. The number of morpholine rings is 1. The highest BCUT2D eigenvalue weighted by Crippen LogP contribution is 2.19. The Morgan fingerprint density at radius 2 is 1.83 bits per heavy atom. The Labute approximate surface area is 143 Å². The van der Waals surface area contributed by atoms with Crippen LogP contribution in [0.5, 0.6) is 0 Å². The van der Waals surface area contributed by atoms with Gasteiger partial charge in [0.2, 0.25) is 0 Å². The minimum Gasteiger partial charge on any atom is -0.379 e. The summed E-state index contributed by atoms with van der Waals surface area (Å²) in [5.41, 5.74) is 2.43. The zero-order valence-electron chi connectivity index (χ0n) is 14.5. The highest BCUT2D eigenvalue weighted by Gasteiger charge is 2.28. The van der Waals surface area contributed by atoms with E-state index in [0.717, 1.165) is 77.6 Å². The summed E-state index contributed by atoms with van der Waals surface area (Å²) < 4.78 is 7.10. The predicted octanol–water partition coefficient (Wildman–Crippen LogP) is 0.386. The molecule has 0 saturated carbocycles. The van der Waals surface area contributed by atoms with Crippen molar-refractivity contribution in [2.75, 3.05) is 52.5 Å². The summed E-state index contributed by atoms with van der Waals surface area (Å²) in [6.07, 6.45) is 4.46. The van der Waals surface area contributed by atoms with Crippen molar-refractivity contribution in [3.8, 4) is 0 Å². The van der Waals surface area contributed by atoms with Crippen LogP contribution in [0.2, 0.25) is 0 Å². The normalized spacial score (nSPS) is 23.0. The zero-order chi connectivity index (χ0) is 16.4. The van der Waals surface area contributed by atoms with E-state index >= 15 is 0 Å². The van der Waals surface area contributed by atoms with Crippen molar-refractivity contribution in [3.63, 3.8) is 0 Å². The largest absolute Gasteiger partial charge is 0.379 e. The molecule has 3 aliphatic rings. The number of hydrogen-bond acceptors (Lipinski definition) is 5. The van der Waals surface area contributed by atoms with Gasteiger partial charge in [-0.25, -0.2) is 4.68 Å². The van der Waals surface area contributed by atoms with Crippen LogP contribution in [-0.2, 0) is 24.1 Å². The van der Waals surface area contributed by atoms with Crippen LogP contribution in [-0.4, -0.2) is 72.1 Å². The van der Waals surface area contributed by atoms with Crippen molar-refractivity contribution in [1.29, 1.82) is 0 Å². The number of hydrogen-bond donors (Lipinski definition) is 0. The number of ether oxygens (including phenoxy) is 1. The van der Waals surface area contributed by atoms with Gasteiger partial charge in [-0.3, -0.25) is 9.69 Å². The van der Waals surface area contributed by atoms with Gasteiger partial charge >= 0.3 is 0 Å². The number of likely N-dealkylation sites (tertiary alicyclic amines) is 1. The van der Waals surface area contributed by atoms with Crippen LogP contribution in [0.15, 0.2) is 10.9 Å². The first-order valence-electron chi connectivity index (χ1n) is 9.40. The van der Waals surface area contributed by atoms with E-state index in [2.05, 4.69) is 14.9 Å². The summed E-state index contributed by atoms with van der Waals surface area (Å²) in [5.74, 6) is 0.571. The fraction of sp³-hybridized carbons (Fsp3) is 0.778. The first kappa shape index (κ1) is 16.2. The van der Waals surface area contributed by atoms with Crippen molar-refractivity contribution in [2.24, 2.45) is 5.92 Å². The molecule has 0 atom stereocenters. The lowest BCUT2D eigenvalue weighted by molar-refractivity contribution is 0.0202. The fourth-order valence-electron chi connectivity index (χ4n) is 4.06. The molecule has 0 aromatic carbocycles. The second kappa shape index (κ2) is 7.33. The molecular formula is C18H28N4O2. The molecule has 1 aromatic rings. The monoisotopic (exact) mass is 332 g/mol. The molecule has 24 heavy (non-hydrogen) atoms. The molecule has 1 aliphatic carbocycles. The molecule has 0 radical (unpaired) electrons. The topological polar surface area (TPSA) is 50.6 Å². The second-order valence-electron chi connectivity index (χ2n) is 7.42. The third-order valence-corrected chi connectivity index (χ3v) is 5.57. The van der Waals surface area contributed by atoms with Crippen molar-refractivity contribution >= 4 is 0 Å². The van der Waals surface area contributed by atoms with Crippen molar-refractivity contribution in [2.45, 2.75) is 32.2 Å². The summed E-state index contributed by atoms with van der Waals surface area (Å²) in [7, 11) is 0. The number of fused-ring (bicyclic) bond motifs is 1. The summed E-state index contributed by atoms with van der Waals surface area (Å²) in [4.78, 5) is 17.2. The molecule has 2 aliphatic heterocycles. The van der Waals surface area contributed by atoms with E-state index < -0.39 is 0 Å². The second-order valence-corrected chi connectivity index (χ2v) is 7.42. The molecule has 6 nitrogen and oxygen atoms in total. The van der Waals surface area contributed by atoms with Gasteiger partial charge in [0.15, 0.2) is 0 Å². The van der Waals surface area contributed by atoms with E-state index in [-0.39, 0.29) is 5.56 Å². The zero-order valence-corrected chi connectivity index (χ0v) is 14.5. The van der Waals surface area contributed by atoms with Crippen LogP contribution < -0.4 is 5.56 Å². The van der Waals surface area contributed by atoms with E-state index in [1.165, 1.54) is 18.4 Å². The Bertz CT molecular complexity index is 618. The first-order valence-corrected chi connectivity index (χ1v) is 9.40. The van der Waals surface area contributed by atoms with Crippen LogP contribution in [0, 0.1) is 5.92 Å². The highest BCUT2D eigenvalue weighted by molar-refractivity contribution is 5.20. The van der Waals surface area contributed by atoms with Crippen molar-refractivity contribution < 1.29 is 4.74 Å². The van der Waals surface area contributed by atoms with Crippen LogP contribution in [0.4, 0.5) is 0 Å². The lowest BCUT2D eigenvalue weighted by atomic mass is 9.96. The standard InChI is InChI=1S/C18H28N4O2/c23-18-11-16-3-1-2-4-17(16)19-22(18)14-15-12-21(13-15)6-5-20-7-9-24-10-8-20/h11,15H,1-10,12-14H2. The van der Waals surface area contributed by atoms with Crippen LogP contribution in [0.1, 0.15) is 24.1 Å². The average Bonchev–Trinajstić information content (AvgIpc) is 2.58. The Hall–Kier alpha value is -1.24. The third kappa shape index (κ3) is 3.71. The Balaban J connectivity index is 1.25. The van der Waals surface area contributed by atoms with Crippen molar-refractivity contribution in [1.82, 2.24) is 19.6 Å². The Morgan fingerprint density at radius 1 is 1.08 bits per heavy atom. The molecule has 0 spiro atoms. The number of aryl methyl sites for hydroxylation is 2. The molecule has 3 heterocycles. The van der Waals surface area contributed by atoms with E-state index in [1.807, 2.05) is 6.07 Å². The molecule has 0 unspecified atom stereocenters. The molecule has 2 saturated heterocycles. The average molecular weight is 332 g/mol. The van der Waals surface area contributed by atoms with Gasteiger partial charge in [0, 0.05) is 51.3 Å². The highest BCUT2D eigenvalue weighted by atomic mass is 16.5. The molecular weight excluding hydrogens is 304 g/mol. The molecule has 6 heteroatoms. The lowest BCUT2D eigenvalue weighted by Crippen LogP contribution is -2.52. The van der Waals surface area contributed by atoms with E-state index in [9.17, 15) is 4.79 Å². The van der Waals surface area contributed by atoms with Crippen LogP contribution in [0.3, 0.4) is 0 Å². The van der Waals surface area contributed by atoms with Gasteiger partial charge in [-0.15, -0.1) is 0 Å². The van der Waals surface area contributed by atoms with Gasteiger partial charge in [0.25, 0.3) is 5.56 Å². The predicted molar refractivity (Wildman–Crippen MR) is 92.3 cm³/mol. The van der Waals surface area contributed by atoms with Gasteiger partial charge in [-0.05, 0) is 31.2 Å². The number of nitrogens with zero attached hydrogens (tertiary/aromatic N) is 4. The minimum atomic E-state index is 0.0856. The maximum absolute atomic E-state index is 12.2. The molecule has 1 aromatic heterocycles. The molecule has 2 fully saturated rings. The lowest BCUT2D eigenvalue weighted by Gasteiger charge is -2.40. The summed E-state index contributed by atoms with van der Waals surface area (Å²) >= 11 is 0. The van der Waals surface area contributed by atoms with Gasteiger partial charge in [-0.2, -0.15) is 5.10 Å². The molecule has 4 rings (SSSR count). The summed E-state index contributed by atoms with van der Waals surface area (Å²) in [6, 6.07) is 1.83. The molecule has 132 valence electrons. The van der Waals surface area contributed by atoms with Gasteiger partial charge in [0.1, 0.15) is 0 Å². The van der Waals surface area contributed by atoms with Gasteiger partial charge in [0.05, 0.1) is 25.5 Å². The smallest absolute Gasteiger partial charge is 0.267 e. The maximum atomic E-state index is 12.2. The quantitative estimate of drug-likeness (QED) is 0.781. The SMILES string of the molecule is O=c1cc2c(nn1CC1CN(CCN3CCOCC3)C1)CCCC2. The van der Waals surface area contributed by atoms with E-state index in [0.29, 0.717) is 5.92 Å². The molecule has 0 bridgehead atoms. The molecule has 0 N–H and O–H groups in total. The van der Waals surface area contributed by atoms with Gasteiger partial charge in [-0.1, -0.05) is 0 Å². The van der Waals surface area contributed by atoms with Gasteiger partial charge < -0.3 is 9.64 Å². The van der Waals surface area contributed by atoms with E-state index in [1.54, 1.807) is 4.68 Å². The summed E-state index contributed by atoms with van der Waals surface area (Å²) in [6.45, 7) is 9.09. The third-order valence-electron chi connectivity index (χ3n) is 5.57. The molecule has 0 amide bonds. The van der Waals surface area contributed by atoms with E-state index in [4.69, 9.17) is 4.74 Å². The number of rotatable bonds is 5. The maximum Gasteiger partial charge on any atom is 0.267 e. The van der Waals surface area contributed by atoms with Crippen molar-refractivity contribution in [3.05, 3.63) is 27.7 Å².